The second kappa shape index (κ2) is 5.59. The number of nitrogens with one attached hydrogen (secondary N) is 1. The number of hydroxylamine groups is 1. The zero-order valence-electron chi connectivity index (χ0n) is 5.57. The van der Waals surface area contributed by atoms with Crippen LogP contribution in [0, 0.1) is 0 Å². The summed E-state index contributed by atoms with van der Waals surface area (Å²) in [6, 6.07) is -1.31. The SMILES string of the molecule is NC(=O)C[C@H](NO)C(=O)O.O. The summed E-state index contributed by atoms with van der Waals surface area (Å²) in [6.07, 6.45) is -0.425. The van der Waals surface area contributed by atoms with E-state index in [1.54, 1.807) is 0 Å². The van der Waals surface area contributed by atoms with Crippen LogP contribution in [0.15, 0.2) is 0 Å². The highest BCUT2D eigenvalue weighted by Crippen LogP contribution is 1.88. The molecule has 0 radical (unpaired) electrons. The van der Waals surface area contributed by atoms with Crippen molar-refractivity contribution in [3.8, 4) is 0 Å². The van der Waals surface area contributed by atoms with E-state index in [1.807, 2.05) is 0 Å². The van der Waals surface area contributed by atoms with Crippen LogP contribution in [0.3, 0.4) is 0 Å². The van der Waals surface area contributed by atoms with Crippen molar-refractivity contribution in [1.29, 1.82) is 0 Å². The lowest BCUT2D eigenvalue weighted by molar-refractivity contribution is -0.144. The van der Waals surface area contributed by atoms with Gasteiger partial charge in [0.1, 0.15) is 6.04 Å². The molecule has 0 aromatic carbocycles. The summed E-state index contributed by atoms with van der Waals surface area (Å²) >= 11 is 0. The number of carboxylic acid groups (broad SMARTS) is 1. The van der Waals surface area contributed by atoms with Crippen molar-refractivity contribution in [3.63, 3.8) is 0 Å². The molecule has 0 spiro atoms. The van der Waals surface area contributed by atoms with Gasteiger partial charge in [-0.15, -0.1) is 0 Å². The Kier molecular flexibility index (Phi) is 6.35. The Balaban J connectivity index is 0. The third kappa shape index (κ3) is 5.27. The number of nitrogens with two attached hydrogens (primary N) is 1. The van der Waals surface area contributed by atoms with Crippen molar-refractivity contribution in [3.05, 3.63) is 0 Å². The lowest BCUT2D eigenvalue weighted by Gasteiger charge is -2.05. The van der Waals surface area contributed by atoms with E-state index in [0.29, 0.717) is 0 Å². The fourth-order valence-corrected chi connectivity index (χ4v) is 0.389. The van der Waals surface area contributed by atoms with Gasteiger partial charge in [0.05, 0.1) is 6.42 Å². The molecule has 0 heterocycles. The predicted molar refractivity (Wildman–Crippen MR) is 33.8 cm³/mol. The standard InChI is InChI=1S/C4H8N2O4.H2O/c5-3(7)1-2(6-10)4(8)9;/h2,6,10H,1H2,(H2,5,7)(H,8,9);1H2/t2-;/m0./s1. The molecule has 0 aliphatic heterocycles. The molecule has 0 fully saturated rings. The van der Waals surface area contributed by atoms with Crippen LogP contribution in [0.4, 0.5) is 0 Å². The lowest BCUT2D eigenvalue weighted by Crippen LogP contribution is -2.37. The largest absolute Gasteiger partial charge is 0.480 e. The Morgan fingerprint density at radius 2 is 2.00 bits per heavy atom. The number of hydrogen-bond acceptors (Lipinski definition) is 4. The summed E-state index contributed by atoms with van der Waals surface area (Å²) in [5.74, 6) is -2.10. The monoisotopic (exact) mass is 166 g/mol. The van der Waals surface area contributed by atoms with Crippen LogP contribution in [0.25, 0.3) is 0 Å². The van der Waals surface area contributed by atoms with Gasteiger partial charge in [-0.3, -0.25) is 9.59 Å². The van der Waals surface area contributed by atoms with Crippen molar-refractivity contribution >= 4 is 11.9 Å². The van der Waals surface area contributed by atoms with Crippen LogP contribution in [0.2, 0.25) is 0 Å². The molecule has 7 N–H and O–H groups in total. The third-order valence-corrected chi connectivity index (χ3v) is 0.859. The fraction of sp³-hybridized carbons (Fsp3) is 0.500. The number of carboxylic acids is 1. The average molecular weight is 166 g/mol. The van der Waals surface area contributed by atoms with Crippen LogP contribution in [-0.4, -0.2) is 33.7 Å². The van der Waals surface area contributed by atoms with E-state index in [9.17, 15) is 9.59 Å². The second-order valence-corrected chi connectivity index (χ2v) is 1.69. The van der Waals surface area contributed by atoms with Crippen molar-refractivity contribution in [1.82, 2.24) is 5.48 Å². The van der Waals surface area contributed by atoms with Gasteiger partial charge >= 0.3 is 5.97 Å². The minimum Gasteiger partial charge on any atom is -0.480 e. The fourth-order valence-electron chi connectivity index (χ4n) is 0.389. The predicted octanol–water partition coefficient (Wildman–Crippen LogP) is -2.53. The van der Waals surface area contributed by atoms with E-state index in [-0.39, 0.29) is 5.48 Å². The molecular formula is C4H10N2O5. The van der Waals surface area contributed by atoms with E-state index < -0.39 is 24.3 Å². The van der Waals surface area contributed by atoms with E-state index in [4.69, 9.17) is 10.3 Å². The molecule has 0 aromatic rings. The van der Waals surface area contributed by atoms with Crippen molar-refractivity contribution < 1.29 is 25.4 Å². The molecule has 7 nitrogen and oxygen atoms in total. The highest BCUT2D eigenvalue weighted by molar-refractivity contribution is 5.83. The van der Waals surface area contributed by atoms with E-state index in [0.717, 1.165) is 0 Å². The van der Waals surface area contributed by atoms with E-state index in [2.05, 4.69) is 5.73 Å². The smallest absolute Gasteiger partial charge is 0.323 e. The summed E-state index contributed by atoms with van der Waals surface area (Å²) in [6.45, 7) is 0. The number of carbonyl (C=O) groups is 2. The maximum absolute atomic E-state index is 10.1. The first-order chi connectivity index (χ1) is 4.57. The van der Waals surface area contributed by atoms with Gasteiger partial charge in [0, 0.05) is 0 Å². The summed E-state index contributed by atoms with van der Waals surface area (Å²) < 4.78 is 0. The number of hydrogen-bond donors (Lipinski definition) is 4. The Labute approximate surface area is 62.1 Å². The van der Waals surface area contributed by atoms with E-state index in [1.165, 1.54) is 5.48 Å². The molecule has 7 heteroatoms. The molecule has 0 aliphatic rings. The van der Waals surface area contributed by atoms with Gasteiger partial charge in [0.15, 0.2) is 0 Å². The molecule has 11 heavy (non-hydrogen) atoms. The van der Waals surface area contributed by atoms with Crippen molar-refractivity contribution in [2.45, 2.75) is 12.5 Å². The maximum atomic E-state index is 10.1. The molecule has 0 saturated heterocycles. The third-order valence-electron chi connectivity index (χ3n) is 0.859. The Morgan fingerprint density at radius 3 is 2.09 bits per heavy atom. The number of amides is 1. The van der Waals surface area contributed by atoms with Crippen molar-refractivity contribution in [2.24, 2.45) is 5.73 Å². The van der Waals surface area contributed by atoms with Crippen LogP contribution in [0.1, 0.15) is 6.42 Å². The molecule has 0 bridgehead atoms. The number of aliphatic carboxylic acids is 1. The van der Waals surface area contributed by atoms with Crippen LogP contribution in [-0.2, 0) is 9.59 Å². The first-order valence-electron chi connectivity index (χ1n) is 2.48. The molecule has 0 rings (SSSR count). The van der Waals surface area contributed by atoms with Gasteiger partial charge in [0.2, 0.25) is 5.91 Å². The molecule has 1 atom stereocenters. The highest BCUT2D eigenvalue weighted by Gasteiger charge is 2.17. The Bertz CT molecular complexity index is 147. The van der Waals surface area contributed by atoms with Crippen molar-refractivity contribution in [2.75, 3.05) is 0 Å². The van der Waals surface area contributed by atoms with Crippen LogP contribution < -0.4 is 11.2 Å². The highest BCUT2D eigenvalue weighted by atomic mass is 16.5. The van der Waals surface area contributed by atoms with Gasteiger partial charge in [-0.1, -0.05) is 0 Å². The molecule has 1 amide bonds. The molecular weight excluding hydrogens is 156 g/mol. The minimum absolute atomic E-state index is 0. The summed E-state index contributed by atoms with van der Waals surface area (Å²) in [5, 5.41) is 16.3. The number of rotatable bonds is 4. The summed E-state index contributed by atoms with van der Waals surface area (Å²) in [5.41, 5.74) is 6.09. The lowest BCUT2D eigenvalue weighted by atomic mass is 10.2. The van der Waals surface area contributed by atoms with Gasteiger partial charge < -0.3 is 21.5 Å². The normalized spacial score (nSPS) is 11.4. The average Bonchev–Trinajstić information content (AvgIpc) is 1.81. The van der Waals surface area contributed by atoms with Crippen LogP contribution in [0.5, 0.6) is 0 Å². The molecule has 0 unspecified atom stereocenters. The minimum atomic E-state index is -1.32. The first-order valence-corrected chi connectivity index (χ1v) is 2.48. The molecule has 0 saturated carbocycles. The molecule has 0 aromatic heterocycles. The quantitative estimate of drug-likeness (QED) is 0.340. The maximum Gasteiger partial charge on any atom is 0.323 e. The Hall–Kier alpha value is -1.18. The number of primary amides is 1. The molecule has 0 aliphatic carbocycles. The first kappa shape index (κ1) is 12.5. The summed E-state index contributed by atoms with van der Waals surface area (Å²) in [4.78, 5) is 20.1. The topological polar surface area (TPSA) is 144 Å². The number of carbonyl (C=O) groups excluding carboxylic acids is 1. The van der Waals surface area contributed by atoms with E-state index >= 15 is 0 Å². The zero-order chi connectivity index (χ0) is 8.15. The van der Waals surface area contributed by atoms with Gasteiger partial charge in [-0.25, -0.2) is 0 Å². The van der Waals surface area contributed by atoms with Gasteiger partial charge in [0.25, 0.3) is 0 Å². The molecule has 66 valence electrons. The van der Waals surface area contributed by atoms with Gasteiger partial charge in [-0.05, 0) is 0 Å². The zero-order valence-corrected chi connectivity index (χ0v) is 5.57. The summed E-state index contributed by atoms with van der Waals surface area (Å²) in [7, 11) is 0. The Morgan fingerprint density at radius 1 is 1.55 bits per heavy atom. The second-order valence-electron chi connectivity index (χ2n) is 1.69. The van der Waals surface area contributed by atoms with Crippen LogP contribution >= 0.6 is 0 Å². The van der Waals surface area contributed by atoms with Gasteiger partial charge in [-0.2, -0.15) is 5.48 Å².